The summed E-state index contributed by atoms with van der Waals surface area (Å²) in [5.41, 5.74) is 1.18. The average molecular weight is 373 g/mol. The fraction of sp³-hybridized carbons (Fsp3) is 0.667. The Hall–Kier alpha value is -1.95. The fourth-order valence-corrected chi connectivity index (χ4v) is 4.41. The van der Waals surface area contributed by atoms with Gasteiger partial charge in [0.2, 0.25) is 11.8 Å². The number of nitrogens with zero attached hydrogens (tertiary/aromatic N) is 4. The summed E-state index contributed by atoms with van der Waals surface area (Å²) in [7, 11) is 4.08. The summed E-state index contributed by atoms with van der Waals surface area (Å²) in [6, 6.07) is 3.94. The monoisotopic (exact) mass is 372 g/mol. The van der Waals surface area contributed by atoms with Crippen molar-refractivity contribution >= 4 is 11.8 Å². The number of amides is 2. The molecule has 0 aliphatic carbocycles. The number of pyridine rings is 1. The minimum Gasteiger partial charge on any atom is -0.342 e. The van der Waals surface area contributed by atoms with E-state index in [1.165, 1.54) is 0 Å². The summed E-state index contributed by atoms with van der Waals surface area (Å²) in [6.45, 7) is 4.00. The van der Waals surface area contributed by atoms with E-state index in [-0.39, 0.29) is 17.2 Å². The van der Waals surface area contributed by atoms with E-state index in [1.54, 1.807) is 12.4 Å². The topological polar surface area (TPSA) is 56.8 Å². The SMILES string of the molecule is CN(C)CCCC(=O)N1CCC[C@]2(CCC(=O)N(Cc3ccncc3)C2)C1. The Labute approximate surface area is 162 Å². The molecule has 2 saturated heterocycles. The summed E-state index contributed by atoms with van der Waals surface area (Å²) in [6.07, 6.45) is 8.71. The van der Waals surface area contributed by atoms with E-state index in [1.807, 2.05) is 31.1 Å². The van der Waals surface area contributed by atoms with Crippen LogP contribution in [0.25, 0.3) is 0 Å². The Morgan fingerprint density at radius 2 is 2.00 bits per heavy atom. The predicted octanol–water partition coefficient (Wildman–Crippen LogP) is 2.15. The predicted molar refractivity (Wildman–Crippen MR) is 105 cm³/mol. The van der Waals surface area contributed by atoms with Crippen molar-refractivity contribution in [1.29, 1.82) is 0 Å². The summed E-state index contributed by atoms with van der Waals surface area (Å²) in [5, 5.41) is 0. The largest absolute Gasteiger partial charge is 0.342 e. The van der Waals surface area contributed by atoms with Crippen molar-refractivity contribution in [2.45, 2.75) is 45.1 Å². The first-order valence-corrected chi connectivity index (χ1v) is 10.1. The maximum absolute atomic E-state index is 12.7. The van der Waals surface area contributed by atoms with Crippen LogP contribution in [0, 0.1) is 5.41 Å². The van der Waals surface area contributed by atoms with Crippen LogP contribution in [0.5, 0.6) is 0 Å². The Balaban J connectivity index is 1.60. The van der Waals surface area contributed by atoms with Gasteiger partial charge in [0.15, 0.2) is 0 Å². The molecule has 2 aliphatic rings. The molecule has 0 aromatic carbocycles. The lowest BCUT2D eigenvalue weighted by molar-refractivity contribution is -0.143. The van der Waals surface area contributed by atoms with E-state index in [4.69, 9.17) is 0 Å². The minimum atomic E-state index is 0.0659. The van der Waals surface area contributed by atoms with Gasteiger partial charge >= 0.3 is 0 Å². The van der Waals surface area contributed by atoms with Crippen molar-refractivity contribution in [2.75, 3.05) is 40.3 Å². The second-order valence-electron chi connectivity index (χ2n) is 8.43. The third-order valence-electron chi connectivity index (χ3n) is 5.88. The van der Waals surface area contributed by atoms with Crippen molar-refractivity contribution < 1.29 is 9.59 Å². The highest BCUT2D eigenvalue weighted by atomic mass is 16.2. The van der Waals surface area contributed by atoms with Crippen LogP contribution >= 0.6 is 0 Å². The lowest BCUT2D eigenvalue weighted by Gasteiger charge is -2.48. The number of likely N-dealkylation sites (tertiary alicyclic amines) is 2. The van der Waals surface area contributed by atoms with Gasteiger partial charge in [-0.3, -0.25) is 14.6 Å². The summed E-state index contributed by atoms with van der Waals surface area (Å²) < 4.78 is 0. The molecule has 6 nitrogen and oxygen atoms in total. The standard InChI is InChI=1S/C21H32N4O2/c1-23(2)13-3-5-19(26)24-14-4-9-21(16-24)10-6-20(27)25(17-21)15-18-7-11-22-12-8-18/h7-8,11-12H,3-6,9-10,13-17H2,1-2H3/t21-/m0/s1. The van der Waals surface area contributed by atoms with E-state index >= 15 is 0 Å². The zero-order chi connectivity index (χ0) is 19.3. The van der Waals surface area contributed by atoms with Gasteiger partial charge in [-0.15, -0.1) is 0 Å². The van der Waals surface area contributed by atoms with Crippen LogP contribution in [0.4, 0.5) is 0 Å². The second-order valence-corrected chi connectivity index (χ2v) is 8.43. The maximum atomic E-state index is 12.7. The van der Waals surface area contributed by atoms with Crippen molar-refractivity contribution in [2.24, 2.45) is 5.41 Å². The van der Waals surface area contributed by atoms with Crippen molar-refractivity contribution in [3.63, 3.8) is 0 Å². The van der Waals surface area contributed by atoms with Gasteiger partial charge in [-0.05, 0) is 64.0 Å². The van der Waals surface area contributed by atoms with Gasteiger partial charge in [-0.2, -0.15) is 0 Å². The van der Waals surface area contributed by atoms with Gasteiger partial charge in [0.05, 0.1) is 0 Å². The van der Waals surface area contributed by atoms with Gasteiger partial charge in [-0.25, -0.2) is 0 Å². The van der Waals surface area contributed by atoms with E-state index in [2.05, 4.69) is 14.8 Å². The molecule has 3 rings (SSSR count). The molecule has 1 aromatic heterocycles. The molecular weight excluding hydrogens is 340 g/mol. The van der Waals surface area contributed by atoms with Gasteiger partial charge in [0, 0.05) is 56.8 Å². The minimum absolute atomic E-state index is 0.0659. The Morgan fingerprint density at radius 1 is 1.22 bits per heavy atom. The van der Waals surface area contributed by atoms with Crippen molar-refractivity contribution in [3.8, 4) is 0 Å². The highest BCUT2D eigenvalue weighted by molar-refractivity contribution is 5.78. The first kappa shape index (κ1) is 19.8. The van der Waals surface area contributed by atoms with Gasteiger partial charge in [-0.1, -0.05) is 0 Å². The molecule has 2 amide bonds. The number of piperidine rings is 2. The molecule has 0 radical (unpaired) electrons. The molecule has 0 N–H and O–H groups in total. The first-order valence-electron chi connectivity index (χ1n) is 10.1. The average Bonchev–Trinajstić information content (AvgIpc) is 2.65. The highest BCUT2D eigenvalue weighted by Crippen LogP contribution is 2.39. The van der Waals surface area contributed by atoms with Gasteiger partial charge in [0.25, 0.3) is 0 Å². The van der Waals surface area contributed by atoms with E-state index < -0.39 is 0 Å². The second kappa shape index (κ2) is 8.83. The fourth-order valence-electron chi connectivity index (χ4n) is 4.41. The van der Waals surface area contributed by atoms with Crippen LogP contribution in [-0.2, 0) is 16.1 Å². The number of rotatable bonds is 6. The molecule has 0 unspecified atom stereocenters. The molecule has 148 valence electrons. The molecule has 2 aliphatic heterocycles. The van der Waals surface area contributed by atoms with E-state index in [9.17, 15) is 9.59 Å². The maximum Gasteiger partial charge on any atom is 0.222 e. The quantitative estimate of drug-likeness (QED) is 0.768. The Kier molecular flexibility index (Phi) is 6.47. The van der Waals surface area contributed by atoms with Gasteiger partial charge < -0.3 is 14.7 Å². The molecule has 0 saturated carbocycles. The van der Waals surface area contributed by atoms with Gasteiger partial charge in [0.1, 0.15) is 0 Å². The smallest absolute Gasteiger partial charge is 0.222 e. The van der Waals surface area contributed by atoms with Crippen LogP contribution in [-0.4, -0.2) is 71.8 Å². The zero-order valence-electron chi connectivity index (χ0n) is 16.7. The molecule has 0 bridgehead atoms. The molecule has 6 heteroatoms. The molecule has 1 atom stereocenters. The number of aromatic nitrogens is 1. The number of carbonyl (C=O) groups excluding carboxylic acids is 2. The third kappa shape index (κ3) is 5.28. The van der Waals surface area contributed by atoms with Crippen LogP contribution in [0.1, 0.15) is 44.1 Å². The molecular formula is C21H32N4O2. The highest BCUT2D eigenvalue weighted by Gasteiger charge is 2.42. The van der Waals surface area contributed by atoms with Crippen molar-refractivity contribution in [3.05, 3.63) is 30.1 Å². The molecule has 2 fully saturated rings. The number of carbonyl (C=O) groups is 2. The number of hydrogen-bond donors (Lipinski definition) is 0. The van der Waals surface area contributed by atoms with E-state index in [0.717, 1.165) is 57.4 Å². The molecule has 1 aromatic rings. The van der Waals surface area contributed by atoms with Crippen LogP contribution in [0.3, 0.4) is 0 Å². The van der Waals surface area contributed by atoms with Crippen LogP contribution in [0.15, 0.2) is 24.5 Å². The number of hydrogen-bond acceptors (Lipinski definition) is 4. The Morgan fingerprint density at radius 3 is 2.74 bits per heavy atom. The third-order valence-corrected chi connectivity index (χ3v) is 5.88. The Bertz CT molecular complexity index is 649. The van der Waals surface area contributed by atoms with Crippen LogP contribution < -0.4 is 0 Å². The summed E-state index contributed by atoms with van der Waals surface area (Å²) >= 11 is 0. The van der Waals surface area contributed by atoms with Crippen molar-refractivity contribution in [1.82, 2.24) is 19.7 Å². The first-order chi connectivity index (χ1) is 13.0. The molecule has 27 heavy (non-hydrogen) atoms. The molecule has 3 heterocycles. The summed E-state index contributed by atoms with van der Waals surface area (Å²) in [4.78, 5) is 35.3. The molecule has 1 spiro atoms. The zero-order valence-corrected chi connectivity index (χ0v) is 16.7. The van der Waals surface area contributed by atoms with Crippen LogP contribution in [0.2, 0.25) is 0 Å². The lowest BCUT2D eigenvalue weighted by atomic mass is 9.73. The van der Waals surface area contributed by atoms with E-state index in [0.29, 0.717) is 19.4 Å². The summed E-state index contributed by atoms with van der Waals surface area (Å²) in [5.74, 6) is 0.500. The normalized spacial score (nSPS) is 23.3. The lowest BCUT2D eigenvalue weighted by Crippen LogP contribution is -2.54.